The standard InChI is InChI=1S/C20H26N2O5/c23-18(24)20-8-2-4-14(20)11-22(13-20)19(25)21-15-5-1-6-16(10-15)27-12-17-7-3-9-26-17/h1,5-6,10,14,17H,2-4,7-9,11-13H2,(H,21,25)(H,23,24)/t14-,17?,20+/m0/s1. The molecule has 3 fully saturated rings. The molecule has 0 aromatic heterocycles. The number of carbonyl (C=O) groups is 2. The number of carboxylic acids is 1. The van der Waals surface area contributed by atoms with Crippen molar-refractivity contribution in [2.45, 2.75) is 38.2 Å². The first-order chi connectivity index (χ1) is 13.1. The Bertz CT molecular complexity index is 718. The fraction of sp³-hybridized carbons (Fsp3) is 0.600. The third-order valence-corrected chi connectivity index (χ3v) is 6.13. The van der Waals surface area contributed by atoms with Gasteiger partial charge in [0.25, 0.3) is 0 Å². The summed E-state index contributed by atoms with van der Waals surface area (Å²) in [5.41, 5.74) is -0.116. The van der Waals surface area contributed by atoms with E-state index in [0.29, 0.717) is 31.0 Å². The van der Waals surface area contributed by atoms with Crippen molar-refractivity contribution in [3.8, 4) is 5.75 Å². The lowest BCUT2D eigenvalue weighted by molar-refractivity contribution is -0.149. The summed E-state index contributed by atoms with van der Waals surface area (Å²) in [5, 5.41) is 12.5. The van der Waals surface area contributed by atoms with Crippen LogP contribution in [0.25, 0.3) is 0 Å². The number of fused-ring (bicyclic) bond motifs is 1. The van der Waals surface area contributed by atoms with Gasteiger partial charge in [-0.3, -0.25) is 4.79 Å². The fourth-order valence-electron chi connectivity index (χ4n) is 4.62. The summed E-state index contributed by atoms with van der Waals surface area (Å²) in [4.78, 5) is 26.1. The molecule has 2 saturated heterocycles. The van der Waals surface area contributed by atoms with Gasteiger partial charge in [0, 0.05) is 31.5 Å². The van der Waals surface area contributed by atoms with Crippen molar-refractivity contribution in [1.29, 1.82) is 0 Å². The molecule has 0 bridgehead atoms. The molecule has 2 amide bonds. The van der Waals surface area contributed by atoms with Crippen LogP contribution in [0.1, 0.15) is 32.1 Å². The van der Waals surface area contributed by atoms with Gasteiger partial charge < -0.3 is 24.8 Å². The summed E-state index contributed by atoms with van der Waals surface area (Å²) in [6.45, 7) is 2.09. The Morgan fingerprint density at radius 2 is 2.22 bits per heavy atom. The van der Waals surface area contributed by atoms with E-state index in [1.807, 2.05) is 12.1 Å². The van der Waals surface area contributed by atoms with Gasteiger partial charge in [0.2, 0.25) is 0 Å². The molecule has 1 saturated carbocycles. The topological polar surface area (TPSA) is 88.1 Å². The second-order valence-electron chi connectivity index (χ2n) is 7.83. The highest BCUT2D eigenvalue weighted by atomic mass is 16.5. The second kappa shape index (κ2) is 7.38. The van der Waals surface area contributed by atoms with Crippen LogP contribution in [-0.4, -0.2) is 54.4 Å². The molecule has 3 aliphatic rings. The first kappa shape index (κ1) is 18.1. The summed E-state index contributed by atoms with van der Waals surface area (Å²) >= 11 is 0. The van der Waals surface area contributed by atoms with Crippen LogP contribution in [0, 0.1) is 11.3 Å². The number of ether oxygens (including phenoxy) is 2. The van der Waals surface area contributed by atoms with Crippen molar-refractivity contribution < 1.29 is 24.2 Å². The molecule has 2 aliphatic heterocycles. The fourth-order valence-corrected chi connectivity index (χ4v) is 4.62. The molecule has 146 valence electrons. The van der Waals surface area contributed by atoms with E-state index in [4.69, 9.17) is 9.47 Å². The summed E-state index contributed by atoms with van der Waals surface area (Å²) in [7, 11) is 0. The Balaban J connectivity index is 1.36. The van der Waals surface area contributed by atoms with Crippen LogP contribution in [0.15, 0.2) is 24.3 Å². The molecule has 1 unspecified atom stereocenters. The van der Waals surface area contributed by atoms with Gasteiger partial charge in [-0.15, -0.1) is 0 Å². The Morgan fingerprint density at radius 1 is 1.33 bits per heavy atom. The molecule has 2 N–H and O–H groups in total. The Morgan fingerprint density at radius 3 is 2.96 bits per heavy atom. The normalized spacial score (nSPS) is 29.6. The predicted octanol–water partition coefficient (Wildman–Crippen LogP) is 2.96. The number of benzene rings is 1. The van der Waals surface area contributed by atoms with Crippen LogP contribution >= 0.6 is 0 Å². The highest BCUT2D eigenvalue weighted by Gasteiger charge is 2.55. The number of amides is 2. The number of nitrogens with zero attached hydrogens (tertiary/aromatic N) is 1. The molecule has 1 aromatic rings. The van der Waals surface area contributed by atoms with Gasteiger partial charge in [0.1, 0.15) is 12.4 Å². The van der Waals surface area contributed by atoms with E-state index in [1.54, 1.807) is 17.0 Å². The zero-order valence-electron chi connectivity index (χ0n) is 15.4. The van der Waals surface area contributed by atoms with Crippen LogP contribution in [0.4, 0.5) is 10.5 Å². The van der Waals surface area contributed by atoms with Crippen molar-refractivity contribution in [3.05, 3.63) is 24.3 Å². The van der Waals surface area contributed by atoms with Gasteiger partial charge in [-0.2, -0.15) is 0 Å². The Kier molecular flexibility index (Phi) is 4.95. The summed E-state index contributed by atoms with van der Waals surface area (Å²) in [6, 6.07) is 7.03. The largest absolute Gasteiger partial charge is 0.491 e. The number of likely N-dealkylation sites (tertiary alicyclic amines) is 1. The maximum absolute atomic E-state index is 12.7. The number of carbonyl (C=O) groups excluding carboxylic acids is 1. The minimum Gasteiger partial charge on any atom is -0.491 e. The van der Waals surface area contributed by atoms with Crippen LogP contribution in [0.2, 0.25) is 0 Å². The highest BCUT2D eigenvalue weighted by Crippen LogP contribution is 2.48. The SMILES string of the molecule is O=C(Nc1cccc(OCC2CCCO2)c1)N1C[C@@H]2CCC[C@@]2(C(=O)O)C1. The number of aliphatic carboxylic acids is 1. The predicted molar refractivity (Wildman–Crippen MR) is 98.9 cm³/mol. The summed E-state index contributed by atoms with van der Waals surface area (Å²) < 4.78 is 11.3. The van der Waals surface area contributed by atoms with Gasteiger partial charge in [0.15, 0.2) is 0 Å². The first-order valence-corrected chi connectivity index (χ1v) is 9.71. The number of rotatable bonds is 5. The van der Waals surface area contributed by atoms with E-state index >= 15 is 0 Å². The average Bonchev–Trinajstić information content (AvgIpc) is 3.36. The van der Waals surface area contributed by atoms with E-state index < -0.39 is 11.4 Å². The molecular formula is C20H26N2O5. The summed E-state index contributed by atoms with van der Waals surface area (Å²) in [6.07, 6.45) is 4.68. The number of anilines is 1. The average molecular weight is 374 g/mol. The van der Waals surface area contributed by atoms with E-state index in [-0.39, 0.29) is 24.6 Å². The lowest BCUT2D eigenvalue weighted by Gasteiger charge is -2.23. The highest BCUT2D eigenvalue weighted by molar-refractivity contribution is 5.90. The van der Waals surface area contributed by atoms with Gasteiger partial charge in [-0.1, -0.05) is 12.5 Å². The van der Waals surface area contributed by atoms with Gasteiger partial charge in [0.05, 0.1) is 11.5 Å². The number of hydrogen-bond donors (Lipinski definition) is 2. The lowest BCUT2D eigenvalue weighted by Crippen LogP contribution is -2.38. The van der Waals surface area contributed by atoms with E-state index in [2.05, 4.69) is 5.32 Å². The van der Waals surface area contributed by atoms with Crippen LogP contribution in [-0.2, 0) is 9.53 Å². The van der Waals surface area contributed by atoms with E-state index in [0.717, 1.165) is 32.3 Å². The molecule has 4 rings (SSSR count). The zero-order chi connectivity index (χ0) is 18.9. The van der Waals surface area contributed by atoms with E-state index in [9.17, 15) is 14.7 Å². The van der Waals surface area contributed by atoms with Crippen molar-refractivity contribution >= 4 is 17.7 Å². The smallest absolute Gasteiger partial charge is 0.321 e. The van der Waals surface area contributed by atoms with Crippen LogP contribution in [0.3, 0.4) is 0 Å². The van der Waals surface area contributed by atoms with Gasteiger partial charge in [-0.05, 0) is 43.7 Å². The summed E-state index contributed by atoms with van der Waals surface area (Å²) in [5.74, 6) is -0.0322. The quantitative estimate of drug-likeness (QED) is 0.827. The third-order valence-electron chi connectivity index (χ3n) is 6.13. The van der Waals surface area contributed by atoms with Crippen molar-refractivity contribution in [1.82, 2.24) is 4.90 Å². The molecular weight excluding hydrogens is 348 g/mol. The monoisotopic (exact) mass is 374 g/mol. The Hall–Kier alpha value is -2.28. The Labute approximate surface area is 158 Å². The maximum atomic E-state index is 12.7. The van der Waals surface area contributed by atoms with Crippen LogP contribution < -0.4 is 10.1 Å². The third kappa shape index (κ3) is 3.60. The lowest BCUT2D eigenvalue weighted by atomic mass is 9.81. The molecule has 1 aromatic carbocycles. The van der Waals surface area contributed by atoms with Crippen molar-refractivity contribution in [2.75, 3.05) is 31.6 Å². The van der Waals surface area contributed by atoms with Crippen molar-refractivity contribution in [2.24, 2.45) is 11.3 Å². The van der Waals surface area contributed by atoms with Gasteiger partial charge in [-0.25, -0.2) is 4.79 Å². The zero-order valence-corrected chi connectivity index (χ0v) is 15.4. The van der Waals surface area contributed by atoms with Gasteiger partial charge >= 0.3 is 12.0 Å². The number of carboxylic acid groups (broad SMARTS) is 1. The first-order valence-electron chi connectivity index (χ1n) is 9.71. The molecule has 0 radical (unpaired) electrons. The number of nitrogens with one attached hydrogen (secondary N) is 1. The minimum absolute atomic E-state index is 0.0572. The van der Waals surface area contributed by atoms with Crippen molar-refractivity contribution in [3.63, 3.8) is 0 Å². The minimum atomic E-state index is -0.773. The molecule has 0 spiro atoms. The maximum Gasteiger partial charge on any atom is 0.321 e. The molecule has 7 heteroatoms. The molecule has 27 heavy (non-hydrogen) atoms. The molecule has 7 nitrogen and oxygen atoms in total. The molecule has 2 heterocycles. The number of hydrogen-bond acceptors (Lipinski definition) is 4. The van der Waals surface area contributed by atoms with E-state index in [1.165, 1.54) is 0 Å². The second-order valence-corrected chi connectivity index (χ2v) is 7.83. The molecule has 3 atom stereocenters. The van der Waals surface area contributed by atoms with Crippen LogP contribution in [0.5, 0.6) is 5.75 Å². The molecule has 1 aliphatic carbocycles. The number of urea groups is 1.